The van der Waals surface area contributed by atoms with E-state index in [4.69, 9.17) is 9.47 Å². The molecule has 0 bridgehead atoms. The fourth-order valence-corrected chi connectivity index (χ4v) is 5.39. The third-order valence-electron chi connectivity index (χ3n) is 5.89. The normalized spacial score (nSPS) is 20.9. The highest BCUT2D eigenvalue weighted by Crippen LogP contribution is 2.47. The van der Waals surface area contributed by atoms with E-state index in [1.807, 2.05) is 55.6 Å². The number of allylic oxidation sites excluding steroid dienone is 3. The van der Waals surface area contributed by atoms with Crippen LogP contribution in [0.15, 0.2) is 64.3 Å². The van der Waals surface area contributed by atoms with Crippen molar-refractivity contribution in [1.29, 1.82) is 0 Å². The summed E-state index contributed by atoms with van der Waals surface area (Å²) in [6.07, 6.45) is 1.83. The zero-order valence-corrected chi connectivity index (χ0v) is 18.9. The van der Waals surface area contributed by atoms with Crippen LogP contribution < -0.4 is 10.1 Å². The van der Waals surface area contributed by atoms with E-state index in [9.17, 15) is 9.59 Å². The molecule has 1 aliphatic heterocycles. The third kappa shape index (κ3) is 4.04. The molecule has 31 heavy (non-hydrogen) atoms. The number of ether oxygens (including phenoxy) is 2. The van der Waals surface area contributed by atoms with Gasteiger partial charge in [0.2, 0.25) is 0 Å². The molecule has 162 valence electrons. The van der Waals surface area contributed by atoms with Gasteiger partial charge in [0.15, 0.2) is 5.78 Å². The summed E-state index contributed by atoms with van der Waals surface area (Å²) in [5.41, 5.74) is 3.93. The number of benzene rings is 1. The van der Waals surface area contributed by atoms with E-state index in [2.05, 4.69) is 5.32 Å². The van der Waals surface area contributed by atoms with Gasteiger partial charge in [-0.1, -0.05) is 31.2 Å². The highest BCUT2D eigenvalue weighted by molar-refractivity contribution is 7.10. The lowest BCUT2D eigenvalue weighted by Crippen LogP contribution is -2.36. The third-order valence-corrected chi connectivity index (χ3v) is 6.83. The van der Waals surface area contributed by atoms with Crippen molar-refractivity contribution < 1.29 is 19.1 Å². The molecule has 1 aromatic carbocycles. The molecule has 0 saturated carbocycles. The molecule has 0 unspecified atom stereocenters. The van der Waals surface area contributed by atoms with Crippen molar-refractivity contribution in [1.82, 2.24) is 5.32 Å². The first-order valence-electron chi connectivity index (χ1n) is 10.6. The quantitative estimate of drug-likeness (QED) is 0.639. The number of ketones is 1. The Bertz CT molecular complexity index is 1050. The summed E-state index contributed by atoms with van der Waals surface area (Å²) in [6.45, 7) is 4.22. The Morgan fingerprint density at radius 3 is 2.71 bits per heavy atom. The first-order chi connectivity index (χ1) is 15.0. The fraction of sp³-hybridized carbons (Fsp3) is 0.360. The minimum absolute atomic E-state index is 0.0280. The monoisotopic (exact) mass is 437 g/mol. The van der Waals surface area contributed by atoms with Gasteiger partial charge in [-0.2, -0.15) is 0 Å². The molecule has 1 N–H and O–H groups in total. The lowest BCUT2D eigenvalue weighted by atomic mass is 9.73. The average Bonchev–Trinajstić information content (AvgIpc) is 3.31. The van der Waals surface area contributed by atoms with Crippen molar-refractivity contribution in [3.63, 3.8) is 0 Å². The second-order valence-corrected chi connectivity index (χ2v) is 8.89. The number of carbonyl (C=O) groups excluding carboxylic acids is 2. The molecular weight excluding hydrogens is 410 g/mol. The SMILES string of the molecule is CCCOC(=O)C1=C(C)NC2=C(C(=O)C[C@H](c3ccccc3OC)C2)[C@@H]1c1cccs1. The van der Waals surface area contributed by atoms with Gasteiger partial charge < -0.3 is 14.8 Å². The van der Waals surface area contributed by atoms with Crippen LogP contribution in [0.25, 0.3) is 0 Å². The van der Waals surface area contributed by atoms with Crippen molar-refractivity contribution in [3.8, 4) is 5.75 Å². The van der Waals surface area contributed by atoms with Crippen molar-refractivity contribution in [2.24, 2.45) is 0 Å². The Balaban J connectivity index is 1.75. The maximum absolute atomic E-state index is 13.5. The van der Waals surface area contributed by atoms with Crippen molar-refractivity contribution in [2.45, 2.75) is 44.9 Å². The first kappa shape index (κ1) is 21.4. The van der Waals surface area contributed by atoms with Crippen molar-refractivity contribution in [3.05, 3.63) is 74.8 Å². The molecule has 2 atom stereocenters. The second kappa shape index (κ2) is 9.10. The van der Waals surface area contributed by atoms with Gasteiger partial charge in [0, 0.05) is 34.2 Å². The molecule has 1 aliphatic carbocycles. The zero-order chi connectivity index (χ0) is 22.0. The van der Waals surface area contributed by atoms with Crippen LogP contribution in [-0.2, 0) is 14.3 Å². The van der Waals surface area contributed by atoms with Gasteiger partial charge in [-0.15, -0.1) is 11.3 Å². The lowest BCUT2D eigenvalue weighted by Gasteiger charge is -2.36. The van der Waals surface area contributed by atoms with E-state index in [0.717, 1.165) is 34.0 Å². The predicted molar refractivity (Wildman–Crippen MR) is 121 cm³/mol. The summed E-state index contributed by atoms with van der Waals surface area (Å²) in [4.78, 5) is 27.4. The smallest absolute Gasteiger partial charge is 0.336 e. The highest BCUT2D eigenvalue weighted by atomic mass is 32.1. The van der Waals surface area contributed by atoms with Crippen LogP contribution in [0.4, 0.5) is 0 Å². The topological polar surface area (TPSA) is 64.6 Å². The summed E-state index contributed by atoms with van der Waals surface area (Å²) in [5, 5.41) is 5.37. The standard InChI is InChI=1S/C25H27NO4S/c1-4-11-30-25(28)22-15(2)26-18-13-16(17-8-5-6-9-20(17)29-3)14-19(27)23(18)24(22)21-10-7-12-31-21/h5-10,12,16,24,26H,4,11,13-14H2,1-3H3/t16-,24-/m1/s1. The maximum atomic E-state index is 13.5. The molecule has 2 aliphatic rings. The van der Waals surface area contributed by atoms with Gasteiger partial charge in [-0.05, 0) is 42.8 Å². The van der Waals surface area contributed by atoms with Crippen LogP contribution >= 0.6 is 11.3 Å². The van der Waals surface area contributed by atoms with E-state index in [-0.39, 0.29) is 23.6 Å². The number of dihydropyridines is 1. The molecule has 4 rings (SSSR count). The summed E-state index contributed by atoms with van der Waals surface area (Å²) in [6, 6.07) is 11.8. The average molecular weight is 438 g/mol. The van der Waals surface area contributed by atoms with Crippen LogP contribution in [0, 0.1) is 0 Å². The Hall–Kier alpha value is -2.86. The van der Waals surface area contributed by atoms with Gasteiger partial charge in [0.25, 0.3) is 0 Å². The molecule has 2 heterocycles. The largest absolute Gasteiger partial charge is 0.496 e. The molecule has 6 heteroatoms. The van der Waals surface area contributed by atoms with Gasteiger partial charge in [-0.3, -0.25) is 4.79 Å². The summed E-state index contributed by atoms with van der Waals surface area (Å²) >= 11 is 1.56. The van der Waals surface area contributed by atoms with Crippen LogP contribution in [0.2, 0.25) is 0 Å². The van der Waals surface area contributed by atoms with E-state index < -0.39 is 0 Å². The number of methoxy groups -OCH3 is 1. The van der Waals surface area contributed by atoms with Gasteiger partial charge in [0.05, 0.1) is 25.2 Å². The first-order valence-corrected chi connectivity index (χ1v) is 11.5. The van der Waals surface area contributed by atoms with Crippen LogP contribution in [0.3, 0.4) is 0 Å². The van der Waals surface area contributed by atoms with E-state index >= 15 is 0 Å². The fourth-order valence-electron chi connectivity index (χ4n) is 4.55. The summed E-state index contributed by atoms with van der Waals surface area (Å²) < 4.78 is 11.0. The minimum Gasteiger partial charge on any atom is -0.496 e. The lowest BCUT2D eigenvalue weighted by molar-refractivity contribution is -0.139. The van der Waals surface area contributed by atoms with E-state index in [1.165, 1.54) is 0 Å². The Labute approximate surface area is 186 Å². The van der Waals surface area contributed by atoms with Gasteiger partial charge in [0.1, 0.15) is 5.75 Å². The number of nitrogens with one attached hydrogen (secondary N) is 1. The van der Waals surface area contributed by atoms with E-state index in [1.54, 1.807) is 18.4 Å². The molecule has 0 amide bonds. The summed E-state index contributed by atoms with van der Waals surface area (Å²) in [7, 11) is 1.65. The maximum Gasteiger partial charge on any atom is 0.336 e. The van der Waals surface area contributed by atoms with E-state index in [0.29, 0.717) is 30.6 Å². The van der Waals surface area contributed by atoms with Crippen LogP contribution in [0.5, 0.6) is 5.75 Å². The molecule has 1 aromatic heterocycles. The Morgan fingerprint density at radius 1 is 1.19 bits per heavy atom. The molecule has 0 radical (unpaired) electrons. The number of thiophene rings is 1. The number of para-hydroxylation sites is 1. The highest BCUT2D eigenvalue weighted by Gasteiger charge is 2.42. The molecule has 0 fully saturated rings. The molecule has 0 saturated heterocycles. The predicted octanol–water partition coefficient (Wildman–Crippen LogP) is 5.07. The Morgan fingerprint density at radius 2 is 2.00 bits per heavy atom. The number of carbonyl (C=O) groups is 2. The van der Waals surface area contributed by atoms with Gasteiger partial charge in [-0.25, -0.2) is 4.79 Å². The number of hydrogen-bond donors (Lipinski definition) is 1. The molecular formula is C25H27NO4S. The minimum atomic E-state index is -0.383. The number of hydrogen-bond acceptors (Lipinski definition) is 6. The second-order valence-electron chi connectivity index (χ2n) is 7.91. The van der Waals surface area contributed by atoms with Gasteiger partial charge >= 0.3 is 5.97 Å². The molecule has 2 aromatic rings. The summed E-state index contributed by atoms with van der Waals surface area (Å²) in [5.74, 6) is 0.158. The Kier molecular flexibility index (Phi) is 6.28. The van der Waals surface area contributed by atoms with Crippen LogP contribution in [-0.4, -0.2) is 25.5 Å². The zero-order valence-electron chi connectivity index (χ0n) is 18.1. The number of esters is 1. The van der Waals surface area contributed by atoms with Crippen molar-refractivity contribution >= 4 is 23.1 Å². The molecule has 5 nitrogen and oxygen atoms in total. The number of rotatable bonds is 6. The van der Waals surface area contributed by atoms with Crippen LogP contribution in [0.1, 0.15) is 55.4 Å². The molecule has 0 spiro atoms. The van der Waals surface area contributed by atoms with Crippen molar-refractivity contribution in [2.75, 3.05) is 13.7 Å². The number of Topliss-reactive ketones (excluding diaryl/α,β-unsaturated/α-hetero) is 1.